The standard InChI is InChI=1S/C17H22ClN5OS/c1-11(13-3-4-14(18)25-13)17(24)23-8-6-12(9-23)22(2)10-16-20-7-5-15(19)21-16/h3-5,7,11-12H,6,8-10H2,1-2H3,(H2,19,20,21)/t11-,12-/m1/s1. The molecule has 1 amide bonds. The Hall–Kier alpha value is -1.70. The molecule has 0 unspecified atom stereocenters. The molecule has 0 aliphatic carbocycles. The molecular weight excluding hydrogens is 358 g/mol. The SMILES string of the molecule is C[C@@H](C(=O)N1CC[C@@H](N(C)Cc2nccc(N)n2)C1)c1ccc(Cl)s1. The molecule has 0 bridgehead atoms. The molecule has 2 N–H and O–H groups in total. The number of hydrogen-bond acceptors (Lipinski definition) is 6. The molecule has 2 aromatic heterocycles. The fourth-order valence-electron chi connectivity index (χ4n) is 3.10. The summed E-state index contributed by atoms with van der Waals surface area (Å²) in [7, 11) is 2.04. The number of aromatic nitrogens is 2. The van der Waals surface area contributed by atoms with Crippen LogP contribution in [0.15, 0.2) is 24.4 Å². The zero-order chi connectivity index (χ0) is 18.0. The molecule has 0 aromatic carbocycles. The summed E-state index contributed by atoms with van der Waals surface area (Å²) in [6, 6.07) is 5.76. The van der Waals surface area contributed by atoms with Gasteiger partial charge in [0.25, 0.3) is 0 Å². The van der Waals surface area contributed by atoms with Crippen molar-refractivity contribution in [3.63, 3.8) is 0 Å². The molecule has 3 rings (SSSR count). The van der Waals surface area contributed by atoms with Gasteiger partial charge in [-0.15, -0.1) is 11.3 Å². The van der Waals surface area contributed by atoms with Crippen LogP contribution >= 0.6 is 22.9 Å². The van der Waals surface area contributed by atoms with Crippen LogP contribution < -0.4 is 5.73 Å². The maximum Gasteiger partial charge on any atom is 0.230 e. The van der Waals surface area contributed by atoms with Crippen LogP contribution in [-0.2, 0) is 11.3 Å². The molecule has 134 valence electrons. The van der Waals surface area contributed by atoms with Gasteiger partial charge in [0.1, 0.15) is 11.6 Å². The molecule has 0 spiro atoms. The quantitative estimate of drug-likeness (QED) is 0.864. The summed E-state index contributed by atoms with van der Waals surface area (Å²) in [6.45, 7) is 4.06. The second-order valence-corrected chi connectivity index (χ2v) is 8.15. The van der Waals surface area contributed by atoms with Gasteiger partial charge in [-0.3, -0.25) is 9.69 Å². The summed E-state index contributed by atoms with van der Waals surface area (Å²) >= 11 is 7.46. The largest absolute Gasteiger partial charge is 0.384 e. The summed E-state index contributed by atoms with van der Waals surface area (Å²) in [5.74, 6) is 1.19. The second kappa shape index (κ2) is 7.68. The molecule has 1 aliphatic rings. The number of likely N-dealkylation sites (N-methyl/N-ethyl adjacent to an activating group) is 1. The first kappa shape index (κ1) is 18.1. The lowest BCUT2D eigenvalue weighted by Crippen LogP contribution is -2.37. The normalized spacial score (nSPS) is 18.7. The average molecular weight is 380 g/mol. The van der Waals surface area contributed by atoms with E-state index in [1.807, 2.05) is 31.0 Å². The molecule has 0 radical (unpaired) electrons. The lowest BCUT2D eigenvalue weighted by Gasteiger charge is -2.25. The molecule has 3 heterocycles. The monoisotopic (exact) mass is 379 g/mol. The van der Waals surface area contributed by atoms with Crippen molar-refractivity contribution in [1.82, 2.24) is 19.8 Å². The second-order valence-electron chi connectivity index (χ2n) is 6.40. The van der Waals surface area contributed by atoms with Gasteiger partial charge in [-0.05, 0) is 38.6 Å². The van der Waals surface area contributed by atoms with Crippen LogP contribution in [0.3, 0.4) is 0 Å². The van der Waals surface area contributed by atoms with Gasteiger partial charge in [0.2, 0.25) is 5.91 Å². The summed E-state index contributed by atoms with van der Waals surface area (Å²) in [4.78, 5) is 26.4. The molecule has 1 saturated heterocycles. The van der Waals surface area contributed by atoms with Crippen molar-refractivity contribution < 1.29 is 4.79 Å². The van der Waals surface area contributed by atoms with E-state index in [2.05, 4.69) is 14.9 Å². The van der Waals surface area contributed by atoms with Crippen molar-refractivity contribution in [2.75, 3.05) is 25.9 Å². The van der Waals surface area contributed by atoms with Gasteiger partial charge in [-0.25, -0.2) is 9.97 Å². The number of carbonyl (C=O) groups excluding carboxylic acids is 1. The van der Waals surface area contributed by atoms with Crippen molar-refractivity contribution >= 4 is 34.7 Å². The van der Waals surface area contributed by atoms with Gasteiger partial charge in [0.15, 0.2) is 0 Å². The van der Waals surface area contributed by atoms with Crippen LogP contribution in [0.4, 0.5) is 5.82 Å². The van der Waals surface area contributed by atoms with Crippen LogP contribution in [0.5, 0.6) is 0 Å². The molecule has 6 nitrogen and oxygen atoms in total. The number of rotatable bonds is 5. The third-order valence-corrected chi connectivity index (χ3v) is 6.02. The highest BCUT2D eigenvalue weighted by Crippen LogP contribution is 2.30. The number of halogens is 1. The highest BCUT2D eigenvalue weighted by atomic mass is 35.5. The topological polar surface area (TPSA) is 75.4 Å². The van der Waals surface area contributed by atoms with E-state index in [1.165, 1.54) is 11.3 Å². The molecule has 25 heavy (non-hydrogen) atoms. The first-order chi connectivity index (χ1) is 11.9. The van der Waals surface area contributed by atoms with Crippen molar-refractivity contribution in [1.29, 1.82) is 0 Å². The van der Waals surface area contributed by atoms with Crippen LogP contribution in [0.25, 0.3) is 0 Å². The number of carbonyl (C=O) groups is 1. The fraction of sp³-hybridized carbons (Fsp3) is 0.471. The third-order valence-electron chi connectivity index (χ3n) is 4.61. The predicted octanol–water partition coefficient (Wildman–Crippen LogP) is 2.61. The molecule has 8 heteroatoms. The minimum Gasteiger partial charge on any atom is -0.384 e. The van der Waals surface area contributed by atoms with E-state index in [9.17, 15) is 4.79 Å². The minimum absolute atomic E-state index is 0.154. The summed E-state index contributed by atoms with van der Waals surface area (Å²) in [5, 5.41) is 0. The first-order valence-electron chi connectivity index (χ1n) is 8.25. The number of nitrogens with zero attached hydrogens (tertiary/aromatic N) is 4. The van der Waals surface area contributed by atoms with Gasteiger partial charge in [0, 0.05) is 30.2 Å². The zero-order valence-electron chi connectivity index (χ0n) is 14.4. The zero-order valence-corrected chi connectivity index (χ0v) is 15.9. The van der Waals surface area contributed by atoms with E-state index in [4.69, 9.17) is 17.3 Å². The third kappa shape index (κ3) is 4.29. The Labute approximate surface area is 156 Å². The van der Waals surface area contributed by atoms with Gasteiger partial charge < -0.3 is 10.6 Å². The maximum atomic E-state index is 12.8. The summed E-state index contributed by atoms with van der Waals surface area (Å²) in [6.07, 6.45) is 2.62. The van der Waals surface area contributed by atoms with Gasteiger partial charge in [-0.2, -0.15) is 0 Å². The Morgan fingerprint density at radius 2 is 2.32 bits per heavy atom. The Morgan fingerprint density at radius 1 is 1.52 bits per heavy atom. The van der Waals surface area contributed by atoms with E-state index in [-0.39, 0.29) is 11.8 Å². The van der Waals surface area contributed by atoms with Crippen LogP contribution in [0.1, 0.15) is 30.0 Å². The van der Waals surface area contributed by atoms with Crippen LogP contribution in [0.2, 0.25) is 4.34 Å². The van der Waals surface area contributed by atoms with E-state index in [0.717, 1.165) is 28.7 Å². The Morgan fingerprint density at radius 3 is 3.00 bits per heavy atom. The number of anilines is 1. The van der Waals surface area contributed by atoms with E-state index >= 15 is 0 Å². The lowest BCUT2D eigenvalue weighted by atomic mass is 10.1. The van der Waals surface area contributed by atoms with E-state index in [0.29, 0.717) is 24.2 Å². The highest BCUT2D eigenvalue weighted by molar-refractivity contribution is 7.16. The van der Waals surface area contributed by atoms with Gasteiger partial charge >= 0.3 is 0 Å². The van der Waals surface area contributed by atoms with Crippen molar-refractivity contribution in [3.05, 3.63) is 39.4 Å². The first-order valence-corrected chi connectivity index (χ1v) is 9.45. The van der Waals surface area contributed by atoms with E-state index < -0.39 is 0 Å². The Balaban J connectivity index is 1.58. The molecule has 1 aliphatic heterocycles. The number of nitrogens with two attached hydrogens (primary N) is 1. The van der Waals surface area contributed by atoms with Crippen LogP contribution in [-0.4, -0.2) is 51.9 Å². The molecule has 1 fully saturated rings. The van der Waals surface area contributed by atoms with Crippen molar-refractivity contribution in [3.8, 4) is 0 Å². The van der Waals surface area contributed by atoms with Crippen molar-refractivity contribution in [2.24, 2.45) is 0 Å². The molecule has 2 atom stereocenters. The molecule has 2 aromatic rings. The molecule has 0 saturated carbocycles. The fourth-order valence-corrected chi connectivity index (χ4v) is 4.21. The lowest BCUT2D eigenvalue weighted by molar-refractivity contribution is -0.131. The maximum absolute atomic E-state index is 12.8. The number of hydrogen-bond donors (Lipinski definition) is 1. The van der Waals surface area contributed by atoms with Gasteiger partial charge in [-0.1, -0.05) is 11.6 Å². The predicted molar refractivity (Wildman–Crippen MR) is 101 cm³/mol. The summed E-state index contributed by atoms with van der Waals surface area (Å²) in [5.41, 5.74) is 5.71. The number of thiophene rings is 1. The van der Waals surface area contributed by atoms with Crippen LogP contribution in [0, 0.1) is 0 Å². The smallest absolute Gasteiger partial charge is 0.230 e. The average Bonchev–Trinajstić information content (AvgIpc) is 3.22. The highest BCUT2D eigenvalue weighted by Gasteiger charge is 2.32. The van der Waals surface area contributed by atoms with E-state index in [1.54, 1.807) is 12.3 Å². The van der Waals surface area contributed by atoms with Gasteiger partial charge in [0.05, 0.1) is 16.8 Å². The number of nitrogen functional groups attached to an aromatic ring is 1. The van der Waals surface area contributed by atoms with Crippen molar-refractivity contribution in [2.45, 2.75) is 31.8 Å². The number of likely N-dealkylation sites (tertiary alicyclic amines) is 1. The molecular formula is C17H22ClN5OS. The minimum atomic E-state index is -0.154. The Bertz CT molecular complexity index is 752. The Kier molecular flexibility index (Phi) is 5.56. The summed E-state index contributed by atoms with van der Waals surface area (Å²) < 4.78 is 0.718. The number of amides is 1.